The van der Waals surface area contributed by atoms with E-state index in [1.54, 1.807) is 11.8 Å². The number of aryl methyl sites for hydroxylation is 2. The standard InChI is InChI=1S/C21H22N4OS/c1-11-16-17(12-7-9-13(27-2)10-8-12)18-19(22)14-5-3-4-6-15(14)23-20(18)26-21(16)25-24-11/h7-10,17H,3-6H2,1-2H3,(H2,22,23)(H,24,25). The van der Waals surface area contributed by atoms with Crippen LogP contribution < -0.4 is 10.5 Å². The molecule has 0 radical (unpaired) electrons. The van der Waals surface area contributed by atoms with E-state index in [2.05, 4.69) is 40.7 Å². The SMILES string of the molecule is CSc1ccc(C2c3c(n[nH]c3C)Oc3nc4c(c(N)c32)CCCC4)cc1. The first-order valence-electron chi connectivity index (χ1n) is 9.35. The average Bonchev–Trinajstić information content (AvgIpc) is 3.07. The number of nitrogens with zero attached hydrogens (tertiary/aromatic N) is 2. The number of ether oxygens (including phenoxy) is 1. The second-order valence-electron chi connectivity index (χ2n) is 7.25. The second kappa shape index (κ2) is 6.30. The highest BCUT2D eigenvalue weighted by Crippen LogP contribution is 2.50. The minimum atomic E-state index is -0.0156. The smallest absolute Gasteiger partial charge is 0.244 e. The minimum absolute atomic E-state index is 0.0156. The van der Waals surface area contributed by atoms with Crippen molar-refractivity contribution in [3.63, 3.8) is 0 Å². The number of nitrogens with two attached hydrogens (primary N) is 1. The normalized spacial score (nSPS) is 17.6. The zero-order valence-corrected chi connectivity index (χ0v) is 16.3. The number of nitrogen functional groups attached to an aromatic ring is 1. The van der Waals surface area contributed by atoms with Crippen molar-refractivity contribution in [2.45, 2.75) is 43.4 Å². The first-order chi connectivity index (χ1) is 13.2. The number of anilines is 1. The topological polar surface area (TPSA) is 76.8 Å². The van der Waals surface area contributed by atoms with Crippen molar-refractivity contribution in [1.82, 2.24) is 15.2 Å². The molecule has 0 amide bonds. The quantitative estimate of drug-likeness (QED) is 0.499. The van der Waals surface area contributed by atoms with Gasteiger partial charge in [0, 0.05) is 33.5 Å². The third-order valence-corrected chi connectivity index (χ3v) is 6.44. The van der Waals surface area contributed by atoms with Crippen molar-refractivity contribution < 1.29 is 4.74 Å². The molecular weight excluding hydrogens is 356 g/mol. The summed E-state index contributed by atoms with van der Waals surface area (Å²) in [7, 11) is 0. The summed E-state index contributed by atoms with van der Waals surface area (Å²) in [5, 5.41) is 7.45. The van der Waals surface area contributed by atoms with Crippen LogP contribution in [0.4, 0.5) is 5.69 Å². The lowest BCUT2D eigenvalue weighted by molar-refractivity contribution is 0.414. The molecule has 0 spiro atoms. The molecular formula is C21H22N4OS. The van der Waals surface area contributed by atoms with Gasteiger partial charge in [0.15, 0.2) is 0 Å². The number of hydrogen-bond donors (Lipinski definition) is 2. The Balaban J connectivity index is 1.75. The fourth-order valence-electron chi connectivity index (χ4n) is 4.32. The Bertz CT molecular complexity index is 1030. The van der Waals surface area contributed by atoms with E-state index < -0.39 is 0 Å². The van der Waals surface area contributed by atoms with Gasteiger partial charge in [0.25, 0.3) is 0 Å². The van der Waals surface area contributed by atoms with E-state index in [1.807, 2.05) is 6.92 Å². The van der Waals surface area contributed by atoms with Crippen LogP contribution in [0.2, 0.25) is 0 Å². The second-order valence-corrected chi connectivity index (χ2v) is 8.13. The van der Waals surface area contributed by atoms with Gasteiger partial charge in [-0.15, -0.1) is 16.9 Å². The van der Waals surface area contributed by atoms with Crippen molar-refractivity contribution in [1.29, 1.82) is 0 Å². The molecule has 138 valence electrons. The van der Waals surface area contributed by atoms with Crippen LogP contribution in [0.25, 0.3) is 0 Å². The van der Waals surface area contributed by atoms with E-state index in [1.165, 1.54) is 22.4 Å². The number of thioether (sulfide) groups is 1. The zero-order chi connectivity index (χ0) is 18.5. The molecule has 1 unspecified atom stereocenters. The van der Waals surface area contributed by atoms with Crippen molar-refractivity contribution in [3.8, 4) is 11.8 Å². The van der Waals surface area contributed by atoms with Crippen LogP contribution in [0.5, 0.6) is 11.8 Å². The lowest BCUT2D eigenvalue weighted by Gasteiger charge is -2.30. The summed E-state index contributed by atoms with van der Waals surface area (Å²) in [4.78, 5) is 6.11. The number of nitrogens with one attached hydrogen (secondary N) is 1. The van der Waals surface area contributed by atoms with Gasteiger partial charge < -0.3 is 10.5 Å². The predicted octanol–water partition coefficient (Wildman–Crippen LogP) is 4.58. The Morgan fingerprint density at radius 1 is 1.11 bits per heavy atom. The molecule has 1 aromatic carbocycles. The highest BCUT2D eigenvalue weighted by Gasteiger charge is 2.37. The number of aromatic nitrogens is 3. The largest absolute Gasteiger partial charge is 0.418 e. The Morgan fingerprint density at radius 3 is 2.67 bits per heavy atom. The third kappa shape index (κ3) is 2.54. The molecule has 3 N–H and O–H groups in total. The fourth-order valence-corrected chi connectivity index (χ4v) is 4.73. The van der Waals surface area contributed by atoms with Crippen LogP contribution in [0, 0.1) is 6.92 Å². The summed E-state index contributed by atoms with van der Waals surface area (Å²) < 4.78 is 6.10. The number of hydrogen-bond acceptors (Lipinski definition) is 5. The molecule has 27 heavy (non-hydrogen) atoms. The highest BCUT2D eigenvalue weighted by atomic mass is 32.2. The van der Waals surface area contributed by atoms with E-state index in [4.69, 9.17) is 15.5 Å². The van der Waals surface area contributed by atoms with Gasteiger partial charge in [-0.05, 0) is 62.1 Å². The first-order valence-corrected chi connectivity index (χ1v) is 10.6. The summed E-state index contributed by atoms with van der Waals surface area (Å²) in [5.41, 5.74) is 14.1. The van der Waals surface area contributed by atoms with E-state index in [0.717, 1.165) is 47.5 Å². The molecule has 3 heterocycles. The molecule has 1 aliphatic heterocycles. The summed E-state index contributed by atoms with van der Waals surface area (Å²) in [6.45, 7) is 2.03. The maximum Gasteiger partial charge on any atom is 0.244 e. The van der Waals surface area contributed by atoms with E-state index in [-0.39, 0.29) is 5.92 Å². The molecule has 2 aromatic heterocycles. The lowest BCUT2D eigenvalue weighted by atomic mass is 9.81. The summed E-state index contributed by atoms with van der Waals surface area (Å²) in [6, 6.07) is 8.68. The Hall–Kier alpha value is -2.47. The highest BCUT2D eigenvalue weighted by molar-refractivity contribution is 7.98. The van der Waals surface area contributed by atoms with Crippen LogP contribution in [0.15, 0.2) is 29.2 Å². The van der Waals surface area contributed by atoms with Gasteiger partial charge in [0.2, 0.25) is 11.8 Å². The van der Waals surface area contributed by atoms with E-state index >= 15 is 0 Å². The lowest BCUT2D eigenvalue weighted by Crippen LogP contribution is -2.19. The maximum absolute atomic E-state index is 6.73. The molecule has 5 rings (SSSR count). The van der Waals surface area contributed by atoms with Crippen molar-refractivity contribution in [3.05, 3.63) is 57.9 Å². The molecule has 1 aliphatic carbocycles. The van der Waals surface area contributed by atoms with Gasteiger partial charge in [-0.2, -0.15) is 0 Å². The summed E-state index contributed by atoms with van der Waals surface area (Å²) in [5.74, 6) is 1.21. The summed E-state index contributed by atoms with van der Waals surface area (Å²) in [6.07, 6.45) is 6.38. The van der Waals surface area contributed by atoms with Crippen LogP contribution in [-0.2, 0) is 12.8 Å². The first kappa shape index (κ1) is 16.7. The number of pyridine rings is 1. The number of rotatable bonds is 2. The monoisotopic (exact) mass is 378 g/mol. The molecule has 0 saturated carbocycles. The molecule has 3 aromatic rings. The molecule has 5 nitrogen and oxygen atoms in total. The predicted molar refractivity (Wildman–Crippen MR) is 108 cm³/mol. The minimum Gasteiger partial charge on any atom is -0.418 e. The van der Waals surface area contributed by atoms with Gasteiger partial charge >= 0.3 is 0 Å². The Labute approximate surface area is 162 Å². The zero-order valence-electron chi connectivity index (χ0n) is 15.5. The molecule has 1 atom stereocenters. The molecule has 0 bridgehead atoms. The molecule has 2 aliphatic rings. The third-order valence-electron chi connectivity index (χ3n) is 5.70. The average molecular weight is 379 g/mol. The van der Waals surface area contributed by atoms with E-state index in [9.17, 15) is 0 Å². The van der Waals surface area contributed by atoms with Crippen LogP contribution in [0.3, 0.4) is 0 Å². The number of benzene rings is 1. The van der Waals surface area contributed by atoms with Crippen LogP contribution in [0.1, 0.15) is 52.4 Å². The number of H-pyrrole nitrogens is 1. The van der Waals surface area contributed by atoms with E-state index in [0.29, 0.717) is 11.8 Å². The molecule has 0 saturated heterocycles. The van der Waals surface area contributed by atoms with Gasteiger partial charge in [-0.25, -0.2) is 4.98 Å². The van der Waals surface area contributed by atoms with Crippen LogP contribution in [-0.4, -0.2) is 21.4 Å². The Kier molecular flexibility index (Phi) is 3.90. The van der Waals surface area contributed by atoms with Gasteiger partial charge in [0.1, 0.15) is 0 Å². The number of fused-ring (bicyclic) bond motifs is 3. The molecule has 0 fully saturated rings. The van der Waals surface area contributed by atoms with Gasteiger partial charge in [0.05, 0.1) is 5.56 Å². The molecule has 6 heteroatoms. The maximum atomic E-state index is 6.73. The Morgan fingerprint density at radius 2 is 1.89 bits per heavy atom. The summed E-state index contributed by atoms with van der Waals surface area (Å²) >= 11 is 1.74. The van der Waals surface area contributed by atoms with Gasteiger partial charge in [-0.1, -0.05) is 12.1 Å². The van der Waals surface area contributed by atoms with Crippen LogP contribution >= 0.6 is 11.8 Å². The fraction of sp³-hybridized carbons (Fsp3) is 0.333. The van der Waals surface area contributed by atoms with Crippen molar-refractivity contribution in [2.75, 3.05) is 12.0 Å². The van der Waals surface area contributed by atoms with Gasteiger partial charge in [-0.3, -0.25) is 5.10 Å². The number of aromatic amines is 1. The van der Waals surface area contributed by atoms with Crippen molar-refractivity contribution in [2.24, 2.45) is 0 Å². The van der Waals surface area contributed by atoms with Crippen molar-refractivity contribution >= 4 is 17.4 Å².